The second kappa shape index (κ2) is 10.1. The van der Waals surface area contributed by atoms with Gasteiger partial charge in [-0.1, -0.05) is 61.9 Å². The molecule has 0 aliphatic heterocycles. The second-order valence-corrected chi connectivity index (χ2v) is 10.1. The van der Waals surface area contributed by atoms with Gasteiger partial charge in [-0.15, -0.1) is 0 Å². The SMILES string of the molecule is Nc1ccc2c(c1)CCc1nc(NC(=O)Cc3ccc(Cl)cc3)c(CCC3CCCCC3)nc1-2. The zero-order chi connectivity index (χ0) is 23.5. The van der Waals surface area contributed by atoms with Crippen molar-refractivity contribution in [2.24, 2.45) is 5.92 Å². The van der Waals surface area contributed by atoms with Crippen LogP contribution in [-0.2, 0) is 30.5 Å². The second-order valence-electron chi connectivity index (χ2n) is 9.62. The van der Waals surface area contributed by atoms with Gasteiger partial charge < -0.3 is 11.1 Å². The number of carbonyl (C=O) groups excluding carboxylic acids is 1. The van der Waals surface area contributed by atoms with E-state index in [1.54, 1.807) is 0 Å². The van der Waals surface area contributed by atoms with E-state index in [2.05, 4.69) is 11.4 Å². The summed E-state index contributed by atoms with van der Waals surface area (Å²) in [6, 6.07) is 13.4. The number of nitrogen functional groups attached to an aromatic ring is 1. The number of anilines is 2. The zero-order valence-electron chi connectivity index (χ0n) is 19.4. The van der Waals surface area contributed by atoms with Crippen LogP contribution in [0.4, 0.5) is 11.5 Å². The number of hydrogen-bond acceptors (Lipinski definition) is 4. The average molecular weight is 475 g/mol. The Hall–Kier alpha value is -2.92. The van der Waals surface area contributed by atoms with Gasteiger partial charge >= 0.3 is 0 Å². The van der Waals surface area contributed by atoms with Gasteiger partial charge in [0.2, 0.25) is 5.91 Å². The number of aryl methyl sites for hydroxylation is 3. The van der Waals surface area contributed by atoms with E-state index in [0.717, 1.165) is 65.5 Å². The molecule has 2 aliphatic rings. The van der Waals surface area contributed by atoms with Crippen molar-refractivity contribution in [1.29, 1.82) is 0 Å². The van der Waals surface area contributed by atoms with Gasteiger partial charge in [0.05, 0.1) is 23.5 Å². The molecule has 0 radical (unpaired) electrons. The van der Waals surface area contributed by atoms with Crippen LogP contribution in [0.2, 0.25) is 5.02 Å². The molecule has 0 atom stereocenters. The summed E-state index contributed by atoms with van der Waals surface area (Å²) in [5.74, 6) is 1.27. The van der Waals surface area contributed by atoms with Gasteiger partial charge in [-0.2, -0.15) is 0 Å². The first-order valence-electron chi connectivity index (χ1n) is 12.4. The highest BCUT2D eigenvalue weighted by molar-refractivity contribution is 6.30. The van der Waals surface area contributed by atoms with Crippen LogP contribution in [0.15, 0.2) is 42.5 Å². The number of benzene rings is 2. The van der Waals surface area contributed by atoms with Crippen molar-refractivity contribution in [2.75, 3.05) is 11.1 Å². The van der Waals surface area contributed by atoms with E-state index in [1.807, 2.05) is 36.4 Å². The topological polar surface area (TPSA) is 80.9 Å². The molecule has 0 unspecified atom stereocenters. The maximum absolute atomic E-state index is 12.9. The maximum Gasteiger partial charge on any atom is 0.229 e. The molecule has 2 aliphatic carbocycles. The van der Waals surface area contributed by atoms with E-state index in [4.69, 9.17) is 27.3 Å². The molecule has 1 fully saturated rings. The Labute approximate surface area is 206 Å². The summed E-state index contributed by atoms with van der Waals surface area (Å²) in [7, 11) is 0. The highest BCUT2D eigenvalue weighted by Crippen LogP contribution is 2.35. The van der Waals surface area contributed by atoms with E-state index >= 15 is 0 Å². The first-order valence-corrected chi connectivity index (χ1v) is 12.8. The molecular weight excluding hydrogens is 444 g/mol. The summed E-state index contributed by atoms with van der Waals surface area (Å²) in [6.07, 6.45) is 10.4. The standard InChI is InChI=1S/C28H31ClN4O/c29-21-10-6-19(7-11-21)16-26(34)33-28-25(14-8-18-4-2-1-3-5-18)31-27-23-13-12-22(30)17-20(23)9-15-24(27)32-28/h6-7,10-13,17-18H,1-5,8-9,14-16,30H2,(H,32,33,34). The number of nitrogens with zero attached hydrogens (tertiary/aromatic N) is 2. The Bertz CT molecular complexity index is 1190. The van der Waals surface area contributed by atoms with Crippen molar-refractivity contribution in [1.82, 2.24) is 9.97 Å². The summed E-state index contributed by atoms with van der Waals surface area (Å²) in [4.78, 5) is 23.0. The van der Waals surface area contributed by atoms with Crippen LogP contribution in [-0.4, -0.2) is 15.9 Å². The Morgan fingerprint density at radius 3 is 2.62 bits per heavy atom. The van der Waals surface area contributed by atoms with Gasteiger partial charge in [0, 0.05) is 16.3 Å². The number of halogens is 1. The van der Waals surface area contributed by atoms with Gasteiger partial charge in [0.1, 0.15) is 0 Å². The minimum atomic E-state index is -0.0838. The maximum atomic E-state index is 12.9. The number of aromatic nitrogens is 2. The lowest BCUT2D eigenvalue weighted by molar-refractivity contribution is -0.115. The third-order valence-electron chi connectivity index (χ3n) is 7.11. The lowest BCUT2D eigenvalue weighted by Gasteiger charge is -2.23. The third-order valence-corrected chi connectivity index (χ3v) is 7.36. The molecule has 34 heavy (non-hydrogen) atoms. The van der Waals surface area contributed by atoms with Crippen LogP contribution in [0.1, 0.15) is 61.0 Å². The Morgan fingerprint density at radius 1 is 1.03 bits per heavy atom. The van der Waals surface area contributed by atoms with Crippen molar-refractivity contribution in [3.05, 3.63) is 70.0 Å². The fourth-order valence-corrected chi connectivity index (χ4v) is 5.38. The lowest BCUT2D eigenvalue weighted by Crippen LogP contribution is -2.20. The van der Waals surface area contributed by atoms with E-state index in [9.17, 15) is 4.79 Å². The average Bonchev–Trinajstić information content (AvgIpc) is 2.84. The van der Waals surface area contributed by atoms with E-state index in [-0.39, 0.29) is 12.3 Å². The summed E-state index contributed by atoms with van der Waals surface area (Å²) < 4.78 is 0. The van der Waals surface area contributed by atoms with Crippen molar-refractivity contribution in [3.8, 4) is 11.3 Å². The molecule has 176 valence electrons. The van der Waals surface area contributed by atoms with Crippen LogP contribution < -0.4 is 11.1 Å². The highest BCUT2D eigenvalue weighted by Gasteiger charge is 2.23. The summed E-state index contributed by atoms with van der Waals surface area (Å²) >= 11 is 5.98. The molecule has 0 spiro atoms. The van der Waals surface area contributed by atoms with Gasteiger partial charge in [0.15, 0.2) is 5.82 Å². The van der Waals surface area contributed by atoms with Crippen molar-refractivity contribution in [3.63, 3.8) is 0 Å². The predicted molar refractivity (Wildman–Crippen MR) is 138 cm³/mol. The molecule has 1 aromatic heterocycles. The number of fused-ring (bicyclic) bond motifs is 3. The van der Waals surface area contributed by atoms with Crippen LogP contribution in [0.5, 0.6) is 0 Å². The monoisotopic (exact) mass is 474 g/mol. The Kier molecular flexibility index (Phi) is 6.82. The molecule has 3 aromatic rings. The van der Waals surface area contributed by atoms with Crippen LogP contribution >= 0.6 is 11.6 Å². The largest absolute Gasteiger partial charge is 0.399 e. The van der Waals surface area contributed by atoms with Crippen LogP contribution in [0, 0.1) is 5.92 Å². The van der Waals surface area contributed by atoms with Crippen molar-refractivity contribution >= 4 is 29.0 Å². The number of amides is 1. The van der Waals surface area contributed by atoms with Crippen molar-refractivity contribution < 1.29 is 4.79 Å². The lowest BCUT2D eigenvalue weighted by atomic mass is 9.85. The molecule has 5 rings (SSSR count). The molecule has 0 saturated heterocycles. The van der Waals surface area contributed by atoms with Gasteiger partial charge in [-0.3, -0.25) is 4.79 Å². The normalized spacial score (nSPS) is 15.4. The predicted octanol–water partition coefficient (Wildman–Crippen LogP) is 6.17. The molecule has 2 aromatic carbocycles. The quantitative estimate of drug-likeness (QED) is 0.418. The number of hydrogen-bond donors (Lipinski definition) is 2. The summed E-state index contributed by atoms with van der Waals surface area (Å²) in [5.41, 5.74) is 12.8. The minimum Gasteiger partial charge on any atom is -0.399 e. The Balaban J connectivity index is 1.42. The highest BCUT2D eigenvalue weighted by atomic mass is 35.5. The molecule has 5 nitrogen and oxygen atoms in total. The molecule has 1 heterocycles. The molecule has 1 saturated carbocycles. The van der Waals surface area contributed by atoms with E-state index in [1.165, 1.54) is 37.7 Å². The Morgan fingerprint density at radius 2 is 1.82 bits per heavy atom. The molecular formula is C28H31ClN4O. The van der Waals surface area contributed by atoms with E-state index < -0.39 is 0 Å². The van der Waals surface area contributed by atoms with Crippen LogP contribution in [0.3, 0.4) is 0 Å². The summed E-state index contributed by atoms with van der Waals surface area (Å²) in [5, 5.41) is 3.74. The zero-order valence-corrected chi connectivity index (χ0v) is 20.2. The molecule has 0 bridgehead atoms. The molecule has 6 heteroatoms. The number of nitrogens with two attached hydrogens (primary N) is 1. The third kappa shape index (κ3) is 5.25. The number of carbonyl (C=O) groups is 1. The number of rotatable bonds is 6. The smallest absolute Gasteiger partial charge is 0.229 e. The first-order chi connectivity index (χ1) is 16.5. The molecule has 1 amide bonds. The fourth-order valence-electron chi connectivity index (χ4n) is 5.25. The molecule has 3 N–H and O–H groups in total. The van der Waals surface area contributed by atoms with Crippen LogP contribution in [0.25, 0.3) is 11.3 Å². The van der Waals surface area contributed by atoms with Gasteiger partial charge in [-0.05, 0) is 67.0 Å². The summed E-state index contributed by atoms with van der Waals surface area (Å²) in [6.45, 7) is 0. The van der Waals surface area contributed by atoms with Gasteiger partial charge in [-0.25, -0.2) is 9.97 Å². The fraction of sp³-hybridized carbons (Fsp3) is 0.393. The van der Waals surface area contributed by atoms with Gasteiger partial charge in [0.25, 0.3) is 0 Å². The minimum absolute atomic E-state index is 0.0838. The van der Waals surface area contributed by atoms with Crippen molar-refractivity contribution in [2.45, 2.75) is 64.2 Å². The number of nitrogens with one attached hydrogen (secondary N) is 1. The first kappa shape index (κ1) is 22.9. The van der Waals surface area contributed by atoms with E-state index in [0.29, 0.717) is 10.8 Å².